The Morgan fingerprint density at radius 3 is 0.844 bits per heavy atom. The predicted molar refractivity (Wildman–Crippen MR) is 363 cm³/mol. The van der Waals surface area contributed by atoms with Gasteiger partial charge in [-0.15, -0.1) is 0 Å². The molecule has 0 aliphatic heterocycles. The van der Waals surface area contributed by atoms with Gasteiger partial charge in [0.2, 0.25) is 0 Å². The molecule has 6 atom stereocenters. The second kappa shape index (κ2) is 61.9. The van der Waals surface area contributed by atoms with Crippen LogP contribution in [0.1, 0.15) is 357 Å². The van der Waals surface area contributed by atoms with Crippen molar-refractivity contribution in [2.75, 3.05) is 39.6 Å². The van der Waals surface area contributed by atoms with Crippen molar-refractivity contribution in [3.8, 4) is 0 Å². The Kier molecular flexibility index (Phi) is 60.6. The summed E-state index contributed by atoms with van der Waals surface area (Å²) in [5, 5.41) is 10.6. The highest BCUT2D eigenvalue weighted by atomic mass is 31.2. The number of phosphoric ester groups is 2. The SMILES string of the molecule is CCCCCCCCCCCCC(=O)OC[C@H](COP(=O)(O)OC[C@H](O)COP(=O)(O)OC[C@@H](COC(=O)CCCCCCCCCCC(C)C)OC(=O)CCCCCCCCCCCCCCCCCCC(C)C)OC(=O)CCCCCCCCC(C)CC. The second-order valence-corrected chi connectivity index (χ2v) is 29.7. The Bertz CT molecular complexity index is 1770. The highest BCUT2D eigenvalue weighted by Gasteiger charge is 2.30. The van der Waals surface area contributed by atoms with E-state index >= 15 is 0 Å². The van der Waals surface area contributed by atoms with Gasteiger partial charge in [-0.1, -0.05) is 305 Å². The Morgan fingerprint density at radius 1 is 0.322 bits per heavy atom. The molecule has 0 aliphatic rings. The summed E-state index contributed by atoms with van der Waals surface area (Å²) in [7, 11) is -9.90. The van der Waals surface area contributed by atoms with E-state index in [1.807, 2.05) is 0 Å². The molecule has 0 saturated carbocycles. The fourth-order valence-corrected chi connectivity index (χ4v) is 12.3. The van der Waals surface area contributed by atoms with E-state index < -0.39 is 97.5 Å². The first-order valence-corrected chi connectivity index (χ1v) is 39.9. The second-order valence-electron chi connectivity index (χ2n) is 26.8. The average molecular weight is 1330 g/mol. The van der Waals surface area contributed by atoms with Gasteiger partial charge in [0.15, 0.2) is 12.2 Å². The van der Waals surface area contributed by atoms with Crippen LogP contribution in [0.4, 0.5) is 0 Å². The third kappa shape index (κ3) is 63.5. The van der Waals surface area contributed by atoms with Crippen molar-refractivity contribution in [2.45, 2.75) is 375 Å². The molecule has 0 spiro atoms. The smallest absolute Gasteiger partial charge is 0.462 e. The first kappa shape index (κ1) is 88.1. The summed E-state index contributed by atoms with van der Waals surface area (Å²) in [5.74, 6) is 0.127. The van der Waals surface area contributed by atoms with Gasteiger partial charge in [-0.2, -0.15) is 0 Å². The molecular weight excluding hydrogens is 1190 g/mol. The lowest BCUT2D eigenvalue weighted by molar-refractivity contribution is -0.161. The van der Waals surface area contributed by atoms with Crippen LogP contribution < -0.4 is 0 Å². The monoisotopic (exact) mass is 1320 g/mol. The maximum atomic E-state index is 13.0. The van der Waals surface area contributed by atoms with Crippen LogP contribution in [0.15, 0.2) is 0 Å². The molecule has 0 heterocycles. The standard InChI is InChI=1S/C71H138O17P2/c1-8-10-11-12-13-14-24-30-38-45-52-68(73)81-59-67(88-71(76)55-48-41-34-33-37-44-51-64(7)9-2)61-86-90(79,80)84-57-65(72)56-83-89(77,78)85-60-66(58-82-69(74)53-46-39-31-27-26-29-36-43-50-63(5)6)87-70(75)54-47-40-32-25-22-20-18-16-15-17-19-21-23-28-35-42-49-62(3)4/h62-67,72H,8-61H2,1-7H3,(H,77,78)(H,79,80)/t64?,65-,66-,67-/m1/s1. The van der Waals surface area contributed by atoms with E-state index in [2.05, 4.69) is 48.5 Å². The number of carbonyl (C=O) groups excluding carboxylic acids is 4. The van der Waals surface area contributed by atoms with Crippen LogP contribution in [0.25, 0.3) is 0 Å². The maximum Gasteiger partial charge on any atom is 0.472 e. The number of unbranched alkanes of at least 4 members (excludes halogenated alkanes) is 36. The Balaban J connectivity index is 5.20. The quantitative estimate of drug-likeness (QED) is 0.0222. The predicted octanol–water partition coefficient (Wildman–Crippen LogP) is 20.2. The molecule has 17 nitrogen and oxygen atoms in total. The zero-order valence-corrected chi connectivity index (χ0v) is 60.4. The molecule has 0 saturated heterocycles. The molecule has 0 rings (SSSR count). The van der Waals surface area contributed by atoms with Crippen molar-refractivity contribution in [3.05, 3.63) is 0 Å². The van der Waals surface area contributed by atoms with Crippen LogP contribution >= 0.6 is 15.6 Å². The van der Waals surface area contributed by atoms with Crippen molar-refractivity contribution < 1.29 is 80.2 Å². The van der Waals surface area contributed by atoms with E-state index in [9.17, 15) is 43.2 Å². The Labute approximate surface area is 549 Å². The van der Waals surface area contributed by atoms with Crippen molar-refractivity contribution in [3.63, 3.8) is 0 Å². The van der Waals surface area contributed by atoms with Crippen molar-refractivity contribution in [2.24, 2.45) is 17.8 Å². The minimum atomic E-state index is -4.95. The van der Waals surface area contributed by atoms with Crippen LogP contribution in [0, 0.1) is 17.8 Å². The maximum absolute atomic E-state index is 13.0. The molecule has 90 heavy (non-hydrogen) atoms. The van der Waals surface area contributed by atoms with Crippen molar-refractivity contribution in [1.29, 1.82) is 0 Å². The molecule has 3 unspecified atom stereocenters. The lowest BCUT2D eigenvalue weighted by Gasteiger charge is -2.21. The third-order valence-corrected chi connectivity index (χ3v) is 18.6. The highest BCUT2D eigenvalue weighted by Crippen LogP contribution is 2.45. The van der Waals surface area contributed by atoms with Gasteiger partial charge in [0.1, 0.15) is 19.3 Å². The zero-order chi connectivity index (χ0) is 66.6. The molecule has 0 aromatic heterocycles. The summed E-state index contributed by atoms with van der Waals surface area (Å²) in [6.07, 6.45) is 45.9. The first-order chi connectivity index (χ1) is 43.3. The van der Waals surface area contributed by atoms with Gasteiger partial charge in [0.25, 0.3) is 0 Å². The average Bonchev–Trinajstić information content (AvgIpc) is 3.52. The molecule has 0 aliphatic carbocycles. The summed E-state index contributed by atoms with van der Waals surface area (Å²) >= 11 is 0. The Hall–Kier alpha value is -1.94. The van der Waals surface area contributed by atoms with Gasteiger partial charge in [-0.05, 0) is 43.4 Å². The molecule has 3 N–H and O–H groups in total. The number of aliphatic hydroxyl groups is 1. The van der Waals surface area contributed by atoms with E-state index in [4.69, 9.17) is 37.0 Å². The van der Waals surface area contributed by atoms with E-state index in [0.29, 0.717) is 25.7 Å². The fraction of sp³-hybridized carbons (Fsp3) is 0.944. The van der Waals surface area contributed by atoms with E-state index in [1.165, 1.54) is 167 Å². The number of hydrogen-bond donors (Lipinski definition) is 3. The molecule has 0 aromatic carbocycles. The lowest BCUT2D eigenvalue weighted by atomic mass is 10.00. The van der Waals surface area contributed by atoms with E-state index in [-0.39, 0.29) is 25.7 Å². The lowest BCUT2D eigenvalue weighted by Crippen LogP contribution is -2.30. The van der Waals surface area contributed by atoms with Gasteiger partial charge in [0, 0.05) is 25.7 Å². The van der Waals surface area contributed by atoms with Crippen LogP contribution in [0.5, 0.6) is 0 Å². The summed E-state index contributed by atoms with van der Waals surface area (Å²) < 4.78 is 68.3. The van der Waals surface area contributed by atoms with Crippen molar-refractivity contribution in [1.82, 2.24) is 0 Å². The molecule has 0 radical (unpaired) electrons. The highest BCUT2D eigenvalue weighted by molar-refractivity contribution is 7.47. The summed E-state index contributed by atoms with van der Waals surface area (Å²) in [5.41, 5.74) is 0. The van der Waals surface area contributed by atoms with Gasteiger partial charge < -0.3 is 33.8 Å². The molecule has 0 fully saturated rings. The molecule has 0 amide bonds. The van der Waals surface area contributed by atoms with Gasteiger partial charge in [-0.25, -0.2) is 9.13 Å². The molecule has 534 valence electrons. The van der Waals surface area contributed by atoms with E-state index in [0.717, 1.165) is 108 Å². The molecular formula is C71H138O17P2. The fourth-order valence-electron chi connectivity index (χ4n) is 10.7. The number of carbonyl (C=O) groups is 4. The summed E-state index contributed by atoms with van der Waals surface area (Å²) in [4.78, 5) is 72.5. The van der Waals surface area contributed by atoms with Gasteiger partial charge in [0.05, 0.1) is 26.4 Å². The number of phosphoric acid groups is 2. The molecule has 0 bridgehead atoms. The summed E-state index contributed by atoms with van der Waals surface area (Å²) in [6.45, 7) is 11.8. The van der Waals surface area contributed by atoms with Crippen LogP contribution in [-0.4, -0.2) is 96.7 Å². The Morgan fingerprint density at radius 2 is 0.567 bits per heavy atom. The number of aliphatic hydroxyl groups excluding tert-OH is 1. The van der Waals surface area contributed by atoms with Crippen LogP contribution in [0.2, 0.25) is 0 Å². The number of ether oxygens (including phenoxy) is 4. The largest absolute Gasteiger partial charge is 0.472 e. The van der Waals surface area contributed by atoms with Crippen molar-refractivity contribution >= 4 is 39.5 Å². The normalized spacial score (nSPS) is 14.5. The van der Waals surface area contributed by atoms with Gasteiger partial charge >= 0.3 is 39.5 Å². The van der Waals surface area contributed by atoms with Crippen LogP contribution in [-0.2, 0) is 65.4 Å². The third-order valence-electron chi connectivity index (χ3n) is 16.7. The number of rotatable bonds is 69. The number of hydrogen-bond acceptors (Lipinski definition) is 15. The van der Waals surface area contributed by atoms with Gasteiger partial charge in [-0.3, -0.25) is 37.3 Å². The summed E-state index contributed by atoms with van der Waals surface area (Å²) in [6, 6.07) is 0. The van der Waals surface area contributed by atoms with E-state index in [1.54, 1.807) is 0 Å². The molecule has 0 aromatic rings. The number of esters is 4. The zero-order valence-electron chi connectivity index (χ0n) is 58.6. The minimum Gasteiger partial charge on any atom is -0.462 e. The van der Waals surface area contributed by atoms with Crippen LogP contribution in [0.3, 0.4) is 0 Å². The topological polar surface area (TPSA) is 237 Å². The first-order valence-electron chi connectivity index (χ1n) is 36.9. The minimum absolute atomic E-state index is 0.103. The molecule has 19 heteroatoms.